The summed E-state index contributed by atoms with van der Waals surface area (Å²) in [6.45, 7) is 12.9. The summed E-state index contributed by atoms with van der Waals surface area (Å²) in [7, 11) is 0. The molecule has 100 valence electrons. The Labute approximate surface area is 110 Å². The van der Waals surface area contributed by atoms with E-state index in [0.29, 0.717) is 6.61 Å². The van der Waals surface area contributed by atoms with Crippen LogP contribution in [0.25, 0.3) is 0 Å². The summed E-state index contributed by atoms with van der Waals surface area (Å²) >= 11 is 0. The monoisotopic (exact) mass is 248 g/mol. The molecule has 0 aromatic heterocycles. The van der Waals surface area contributed by atoms with Crippen molar-refractivity contribution in [2.75, 3.05) is 6.61 Å². The van der Waals surface area contributed by atoms with Gasteiger partial charge in [0, 0.05) is 0 Å². The fourth-order valence-electron chi connectivity index (χ4n) is 2.19. The Kier molecular flexibility index (Phi) is 4.94. The summed E-state index contributed by atoms with van der Waals surface area (Å²) in [5, 5.41) is 0. The van der Waals surface area contributed by atoms with E-state index in [1.807, 2.05) is 13.8 Å². The summed E-state index contributed by atoms with van der Waals surface area (Å²) < 4.78 is 5.34. The van der Waals surface area contributed by atoms with E-state index in [1.165, 1.54) is 16.7 Å². The molecule has 1 rings (SSSR count). The molecule has 2 nitrogen and oxygen atoms in total. The van der Waals surface area contributed by atoms with Crippen LogP contribution in [-0.2, 0) is 4.74 Å². The lowest BCUT2D eigenvalue weighted by atomic mass is 9.90. The molecule has 0 heterocycles. The molecule has 0 radical (unpaired) electrons. The number of hydrogen-bond acceptors (Lipinski definition) is 2. The van der Waals surface area contributed by atoms with E-state index in [9.17, 15) is 4.79 Å². The van der Waals surface area contributed by atoms with Crippen LogP contribution in [0.3, 0.4) is 0 Å². The third-order valence-electron chi connectivity index (χ3n) is 3.94. The molecule has 0 saturated heterocycles. The summed E-state index contributed by atoms with van der Waals surface area (Å²) in [4.78, 5) is 12.2. The van der Waals surface area contributed by atoms with Crippen LogP contribution in [0.2, 0.25) is 0 Å². The third kappa shape index (κ3) is 2.74. The number of carbonyl (C=O) groups is 1. The summed E-state index contributed by atoms with van der Waals surface area (Å²) in [5.74, 6) is -0.176. The van der Waals surface area contributed by atoms with Crippen molar-refractivity contribution < 1.29 is 9.53 Å². The van der Waals surface area contributed by atoms with E-state index in [-0.39, 0.29) is 5.97 Å². The highest BCUT2D eigenvalue weighted by molar-refractivity contribution is 5.93. The van der Waals surface area contributed by atoms with Gasteiger partial charge in [-0.1, -0.05) is 13.3 Å². The van der Waals surface area contributed by atoms with Gasteiger partial charge in [0.1, 0.15) is 0 Å². The minimum Gasteiger partial charge on any atom is -0.462 e. The number of hydrogen-bond donors (Lipinski definition) is 0. The maximum absolute atomic E-state index is 12.2. The standard InChI is InChI=1S/C16H24O2/c1-7-8-9-18-16(17)15-13(5)11(3)10(2)12(4)14(15)6/h7-9H2,1-6H3. The van der Waals surface area contributed by atoms with Gasteiger partial charge < -0.3 is 4.74 Å². The fraction of sp³-hybridized carbons (Fsp3) is 0.562. The first-order chi connectivity index (χ1) is 8.41. The van der Waals surface area contributed by atoms with Crippen LogP contribution in [0, 0.1) is 34.6 Å². The molecule has 0 amide bonds. The van der Waals surface area contributed by atoms with Crippen LogP contribution in [0.15, 0.2) is 0 Å². The maximum atomic E-state index is 12.2. The van der Waals surface area contributed by atoms with Crippen LogP contribution < -0.4 is 0 Å². The molecular weight excluding hydrogens is 224 g/mol. The molecule has 0 bridgehead atoms. The molecule has 0 aliphatic rings. The first-order valence-electron chi connectivity index (χ1n) is 6.65. The molecular formula is C16H24O2. The molecule has 0 atom stereocenters. The highest BCUT2D eigenvalue weighted by Crippen LogP contribution is 2.26. The second-order valence-electron chi connectivity index (χ2n) is 4.99. The summed E-state index contributed by atoms with van der Waals surface area (Å²) in [6, 6.07) is 0. The number of carbonyl (C=O) groups excluding carboxylic acids is 1. The second-order valence-corrected chi connectivity index (χ2v) is 4.99. The van der Waals surface area contributed by atoms with Crippen molar-refractivity contribution >= 4 is 5.97 Å². The lowest BCUT2D eigenvalue weighted by molar-refractivity contribution is 0.0498. The molecule has 0 spiro atoms. The topological polar surface area (TPSA) is 26.3 Å². The number of esters is 1. The molecule has 0 aliphatic heterocycles. The van der Waals surface area contributed by atoms with Crippen molar-refractivity contribution in [1.29, 1.82) is 0 Å². The minimum absolute atomic E-state index is 0.176. The van der Waals surface area contributed by atoms with Gasteiger partial charge in [0.25, 0.3) is 0 Å². The Morgan fingerprint density at radius 3 is 1.78 bits per heavy atom. The molecule has 0 saturated carbocycles. The SMILES string of the molecule is CCCCOC(=O)c1c(C)c(C)c(C)c(C)c1C. The van der Waals surface area contributed by atoms with Crippen molar-refractivity contribution in [2.24, 2.45) is 0 Å². The lowest BCUT2D eigenvalue weighted by Gasteiger charge is -2.17. The fourth-order valence-corrected chi connectivity index (χ4v) is 2.19. The van der Waals surface area contributed by atoms with Crippen molar-refractivity contribution in [1.82, 2.24) is 0 Å². The number of unbranched alkanes of at least 4 members (excludes halogenated alkanes) is 1. The Hall–Kier alpha value is -1.31. The average molecular weight is 248 g/mol. The number of ether oxygens (including phenoxy) is 1. The van der Waals surface area contributed by atoms with Gasteiger partial charge in [-0.2, -0.15) is 0 Å². The van der Waals surface area contributed by atoms with Crippen LogP contribution in [0.1, 0.15) is 57.9 Å². The Balaban J connectivity index is 3.13. The predicted octanol–water partition coefficient (Wildman–Crippen LogP) is 4.19. The molecule has 1 aromatic rings. The average Bonchev–Trinajstić information content (AvgIpc) is 2.34. The van der Waals surface area contributed by atoms with Gasteiger partial charge in [-0.3, -0.25) is 0 Å². The van der Waals surface area contributed by atoms with E-state index < -0.39 is 0 Å². The van der Waals surface area contributed by atoms with E-state index >= 15 is 0 Å². The quantitative estimate of drug-likeness (QED) is 0.590. The third-order valence-corrected chi connectivity index (χ3v) is 3.94. The van der Waals surface area contributed by atoms with Gasteiger partial charge in [-0.25, -0.2) is 4.79 Å². The van der Waals surface area contributed by atoms with Gasteiger partial charge in [-0.15, -0.1) is 0 Å². The number of benzene rings is 1. The normalized spacial score (nSPS) is 10.6. The molecule has 2 heteroatoms. The second kappa shape index (κ2) is 6.03. The van der Waals surface area contributed by atoms with Crippen LogP contribution in [-0.4, -0.2) is 12.6 Å². The number of rotatable bonds is 4. The smallest absolute Gasteiger partial charge is 0.338 e. The van der Waals surface area contributed by atoms with Crippen molar-refractivity contribution in [2.45, 2.75) is 54.4 Å². The predicted molar refractivity (Wildman–Crippen MR) is 75.3 cm³/mol. The lowest BCUT2D eigenvalue weighted by Crippen LogP contribution is -2.13. The first kappa shape index (κ1) is 14.7. The van der Waals surface area contributed by atoms with Gasteiger partial charge in [0.2, 0.25) is 0 Å². The van der Waals surface area contributed by atoms with Crippen LogP contribution in [0.5, 0.6) is 0 Å². The van der Waals surface area contributed by atoms with Crippen molar-refractivity contribution in [3.8, 4) is 0 Å². The van der Waals surface area contributed by atoms with E-state index in [4.69, 9.17) is 4.74 Å². The van der Waals surface area contributed by atoms with Crippen LogP contribution >= 0.6 is 0 Å². The Morgan fingerprint density at radius 2 is 1.33 bits per heavy atom. The van der Waals surface area contributed by atoms with Gasteiger partial charge in [0.05, 0.1) is 12.2 Å². The molecule has 0 fully saturated rings. The minimum atomic E-state index is -0.176. The Morgan fingerprint density at radius 1 is 0.889 bits per heavy atom. The van der Waals surface area contributed by atoms with Gasteiger partial charge >= 0.3 is 5.97 Å². The van der Waals surface area contributed by atoms with E-state index in [2.05, 4.69) is 27.7 Å². The molecule has 0 aliphatic carbocycles. The highest BCUT2D eigenvalue weighted by Gasteiger charge is 2.18. The molecule has 1 aromatic carbocycles. The van der Waals surface area contributed by atoms with Gasteiger partial charge in [-0.05, 0) is 68.9 Å². The zero-order valence-corrected chi connectivity index (χ0v) is 12.4. The van der Waals surface area contributed by atoms with E-state index in [0.717, 1.165) is 29.5 Å². The van der Waals surface area contributed by atoms with E-state index in [1.54, 1.807) is 0 Å². The molecule has 18 heavy (non-hydrogen) atoms. The first-order valence-corrected chi connectivity index (χ1v) is 6.65. The summed E-state index contributed by atoms with van der Waals surface area (Å²) in [5.41, 5.74) is 6.53. The van der Waals surface area contributed by atoms with Gasteiger partial charge in [0.15, 0.2) is 0 Å². The van der Waals surface area contributed by atoms with Crippen molar-refractivity contribution in [3.05, 3.63) is 33.4 Å². The largest absolute Gasteiger partial charge is 0.462 e. The zero-order chi connectivity index (χ0) is 13.9. The summed E-state index contributed by atoms with van der Waals surface area (Å²) in [6.07, 6.45) is 1.96. The Bertz CT molecular complexity index is 430. The molecule has 0 unspecified atom stereocenters. The van der Waals surface area contributed by atoms with Crippen molar-refractivity contribution in [3.63, 3.8) is 0 Å². The zero-order valence-electron chi connectivity index (χ0n) is 12.4. The highest BCUT2D eigenvalue weighted by atomic mass is 16.5. The van der Waals surface area contributed by atoms with Crippen LogP contribution in [0.4, 0.5) is 0 Å². The molecule has 0 N–H and O–H groups in total. The maximum Gasteiger partial charge on any atom is 0.338 e.